The standard InChI is InChI=1S/C9H20O2/c1-5-6-9(7-10,11-4)8(2)3/h8,10H,5-7H2,1-4H3/t9-/m1/s1. The van der Waals surface area contributed by atoms with Gasteiger partial charge in [0.05, 0.1) is 12.2 Å². The Bertz CT molecular complexity index is 95.7. The molecule has 0 aliphatic carbocycles. The fraction of sp³-hybridized carbons (Fsp3) is 1.00. The lowest BCUT2D eigenvalue weighted by Gasteiger charge is -2.34. The summed E-state index contributed by atoms with van der Waals surface area (Å²) in [5.74, 6) is 0.373. The van der Waals surface area contributed by atoms with Crippen LogP contribution in [0.5, 0.6) is 0 Å². The first kappa shape index (κ1) is 10.9. The Kier molecular flexibility index (Phi) is 4.69. The van der Waals surface area contributed by atoms with Crippen LogP contribution in [0.1, 0.15) is 33.6 Å². The van der Waals surface area contributed by atoms with Crippen LogP contribution in [0.3, 0.4) is 0 Å². The van der Waals surface area contributed by atoms with E-state index in [4.69, 9.17) is 9.84 Å². The highest BCUT2D eigenvalue weighted by atomic mass is 16.5. The molecular formula is C9H20O2. The summed E-state index contributed by atoms with van der Waals surface area (Å²) in [6.07, 6.45) is 1.98. The van der Waals surface area contributed by atoms with Crippen LogP contribution >= 0.6 is 0 Å². The molecule has 0 aliphatic rings. The highest BCUT2D eigenvalue weighted by Crippen LogP contribution is 2.25. The lowest BCUT2D eigenvalue weighted by atomic mass is 9.87. The maximum absolute atomic E-state index is 9.15. The SMILES string of the molecule is CCC[C@](CO)(OC)C(C)C. The van der Waals surface area contributed by atoms with Crippen LogP contribution in [0.2, 0.25) is 0 Å². The maximum Gasteiger partial charge on any atom is 0.0930 e. The summed E-state index contributed by atoms with van der Waals surface area (Å²) in [6, 6.07) is 0. The number of aliphatic hydroxyl groups is 1. The molecule has 0 aliphatic heterocycles. The number of methoxy groups -OCH3 is 1. The van der Waals surface area contributed by atoms with Crippen LogP contribution in [0.4, 0.5) is 0 Å². The Morgan fingerprint density at radius 1 is 1.45 bits per heavy atom. The average molecular weight is 160 g/mol. The molecule has 2 heteroatoms. The Balaban J connectivity index is 4.20. The summed E-state index contributed by atoms with van der Waals surface area (Å²) in [7, 11) is 1.67. The molecule has 1 N–H and O–H groups in total. The number of rotatable bonds is 5. The van der Waals surface area contributed by atoms with Gasteiger partial charge >= 0.3 is 0 Å². The first-order valence-corrected chi connectivity index (χ1v) is 4.29. The summed E-state index contributed by atoms with van der Waals surface area (Å²) >= 11 is 0. The van der Waals surface area contributed by atoms with E-state index in [1.54, 1.807) is 7.11 Å². The minimum Gasteiger partial charge on any atom is -0.393 e. The normalized spacial score (nSPS) is 16.9. The molecule has 0 aromatic carbocycles. The quantitative estimate of drug-likeness (QED) is 0.664. The van der Waals surface area contributed by atoms with E-state index >= 15 is 0 Å². The molecule has 0 fully saturated rings. The van der Waals surface area contributed by atoms with Gasteiger partial charge in [-0.05, 0) is 12.3 Å². The predicted molar refractivity (Wildman–Crippen MR) is 46.6 cm³/mol. The van der Waals surface area contributed by atoms with Gasteiger partial charge in [0.1, 0.15) is 0 Å². The summed E-state index contributed by atoms with van der Waals surface area (Å²) in [6.45, 7) is 6.38. The summed E-state index contributed by atoms with van der Waals surface area (Å²) < 4.78 is 5.34. The van der Waals surface area contributed by atoms with Crippen molar-refractivity contribution in [1.29, 1.82) is 0 Å². The van der Waals surface area contributed by atoms with Crippen molar-refractivity contribution in [1.82, 2.24) is 0 Å². The van der Waals surface area contributed by atoms with Gasteiger partial charge in [0.25, 0.3) is 0 Å². The van der Waals surface area contributed by atoms with E-state index in [0.29, 0.717) is 5.92 Å². The molecule has 1 atom stereocenters. The zero-order chi connectivity index (χ0) is 8.91. The fourth-order valence-corrected chi connectivity index (χ4v) is 1.38. The summed E-state index contributed by atoms with van der Waals surface area (Å²) in [4.78, 5) is 0. The molecule has 0 unspecified atom stereocenters. The van der Waals surface area contributed by atoms with Gasteiger partial charge in [0.2, 0.25) is 0 Å². The third-order valence-corrected chi connectivity index (χ3v) is 2.40. The van der Waals surface area contributed by atoms with Gasteiger partial charge in [0.15, 0.2) is 0 Å². The molecule has 0 saturated carbocycles. The molecule has 0 heterocycles. The Morgan fingerprint density at radius 2 is 2.00 bits per heavy atom. The number of aliphatic hydroxyl groups excluding tert-OH is 1. The first-order valence-electron chi connectivity index (χ1n) is 4.29. The van der Waals surface area contributed by atoms with Gasteiger partial charge in [-0.3, -0.25) is 0 Å². The Labute approximate surface area is 69.6 Å². The largest absolute Gasteiger partial charge is 0.393 e. The molecule has 0 bridgehead atoms. The van der Waals surface area contributed by atoms with Crippen molar-refractivity contribution in [3.63, 3.8) is 0 Å². The van der Waals surface area contributed by atoms with Crippen molar-refractivity contribution >= 4 is 0 Å². The average Bonchev–Trinajstić information content (AvgIpc) is 2.00. The number of ether oxygens (including phenoxy) is 1. The second kappa shape index (κ2) is 4.73. The molecule has 0 spiro atoms. The van der Waals surface area contributed by atoms with Gasteiger partial charge in [-0.25, -0.2) is 0 Å². The Morgan fingerprint density at radius 3 is 2.09 bits per heavy atom. The third-order valence-electron chi connectivity index (χ3n) is 2.40. The van der Waals surface area contributed by atoms with Crippen molar-refractivity contribution in [3.8, 4) is 0 Å². The van der Waals surface area contributed by atoms with Crippen molar-refractivity contribution in [3.05, 3.63) is 0 Å². The third kappa shape index (κ3) is 2.46. The molecular weight excluding hydrogens is 140 g/mol. The zero-order valence-electron chi connectivity index (χ0n) is 8.05. The van der Waals surface area contributed by atoms with Gasteiger partial charge < -0.3 is 9.84 Å². The van der Waals surface area contributed by atoms with Crippen LogP contribution in [0, 0.1) is 5.92 Å². The maximum atomic E-state index is 9.15. The van der Waals surface area contributed by atoms with Gasteiger partial charge in [-0.1, -0.05) is 27.2 Å². The fourth-order valence-electron chi connectivity index (χ4n) is 1.38. The predicted octanol–water partition coefficient (Wildman–Crippen LogP) is 1.82. The first-order chi connectivity index (χ1) is 5.13. The minimum atomic E-state index is -0.311. The molecule has 0 saturated heterocycles. The van der Waals surface area contributed by atoms with E-state index in [1.165, 1.54) is 0 Å². The van der Waals surface area contributed by atoms with E-state index in [9.17, 15) is 0 Å². The molecule has 0 rings (SSSR count). The van der Waals surface area contributed by atoms with Crippen LogP contribution in [-0.4, -0.2) is 24.4 Å². The Hall–Kier alpha value is -0.0800. The molecule has 68 valence electrons. The topological polar surface area (TPSA) is 29.5 Å². The van der Waals surface area contributed by atoms with E-state index in [0.717, 1.165) is 12.8 Å². The highest BCUT2D eigenvalue weighted by Gasteiger charge is 2.31. The van der Waals surface area contributed by atoms with Crippen LogP contribution in [0.25, 0.3) is 0 Å². The summed E-state index contributed by atoms with van der Waals surface area (Å²) in [5.41, 5.74) is -0.311. The second-order valence-electron chi connectivity index (χ2n) is 3.33. The molecule has 0 amide bonds. The molecule has 0 radical (unpaired) electrons. The number of hydrogen-bond acceptors (Lipinski definition) is 2. The molecule has 0 aromatic rings. The zero-order valence-corrected chi connectivity index (χ0v) is 8.05. The number of hydrogen-bond donors (Lipinski definition) is 1. The lowest BCUT2D eigenvalue weighted by Crippen LogP contribution is -2.41. The second-order valence-corrected chi connectivity index (χ2v) is 3.33. The van der Waals surface area contributed by atoms with Crippen molar-refractivity contribution in [2.75, 3.05) is 13.7 Å². The van der Waals surface area contributed by atoms with Crippen molar-refractivity contribution < 1.29 is 9.84 Å². The molecule has 0 aromatic heterocycles. The van der Waals surface area contributed by atoms with Crippen molar-refractivity contribution in [2.45, 2.75) is 39.2 Å². The van der Waals surface area contributed by atoms with Crippen LogP contribution in [0.15, 0.2) is 0 Å². The van der Waals surface area contributed by atoms with Gasteiger partial charge in [-0.2, -0.15) is 0 Å². The van der Waals surface area contributed by atoms with E-state index in [1.807, 2.05) is 0 Å². The molecule has 11 heavy (non-hydrogen) atoms. The van der Waals surface area contributed by atoms with Crippen LogP contribution in [-0.2, 0) is 4.74 Å². The van der Waals surface area contributed by atoms with Gasteiger partial charge in [0, 0.05) is 7.11 Å². The van der Waals surface area contributed by atoms with Crippen molar-refractivity contribution in [2.24, 2.45) is 5.92 Å². The van der Waals surface area contributed by atoms with Gasteiger partial charge in [-0.15, -0.1) is 0 Å². The van der Waals surface area contributed by atoms with Crippen LogP contribution < -0.4 is 0 Å². The highest BCUT2D eigenvalue weighted by molar-refractivity contribution is 4.82. The smallest absolute Gasteiger partial charge is 0.0930 e. The lowest BCUT2D eigenvalue weighted by molar-refractivity contribution is -0.0899. The molecule has 2 nitrogen and oxygen atoms in total. The van der Waals surface area contributed by atoms with E-state index in [2.05, 4.69) is 20.8 Å². The monoisotopic (exact) mass is 160 g/mol. The van der Waals surface area contributed by atoms with E-state index < -0.39 is 0 Å². The summed E-state index contributed by atoms with van der Waals surface area (Å²) in [5, 5.41) is 9.15. The van der Waals surface area contributed by atoms with E-state index in [-0.39, 0.29) is 12.2 Å². The minimum absolute atomic E-state index is 0.120.